The molecule has 1 fully saturated rings. The number of aromatic nitrogens is 3. The first kappa shape index (κ1) is 24.3. The molecular formula is C22H24FN5O4S2. The van der Waals surface area contributed by atoms with Gasteiger partial charge in [-0.15, -0.1) is 10.2 Å². The van der Waals surface area contributed by atoms with Crippen LogP contribution in [0.3, 0.4) is 0 Å². The average Bonchev–Trinajstić information content (AvgIpc) is 3.20. The van der Waals surface area contributed by atoms with Crippen LogP contribution >= 0.6 is 11.8 Å². The summed E-state index contributed by atoms with van der Waals surface area (Å²) in [5, 5.41) is 11.1. The van der Waals surface area contributed by atoms with E-state index in [4.69, 9.17) is 4.74 Å². The Hall–Kier alpha value is -2.80. The molecule has 0 spiro atoms. The second kappa shape index (κ2) is 10.2. The van der Waals surface area contributed by atoms with Crippen molar-refractivity contribution < 1.29 is 22.3 Å². The minimum atomic E-state index is -3.59. The van der Waals surface area contributed by atoms with Crippen LogP contribution in [0.15, 0.2) is 58.6 Å². The topological polar surface area (TPSA) is 106 Å². The molecule has 9 nitrogen and oxygen atoms in total. The average molecular weight is 506 g/mol. The van der Waals surface area contributed by atoms with Crippen molar-refractivity contribution in [2.45, 2.75) is 22.2 Å². The van der Waals surface area contributed by atoms with Gasteiger partial charge in [0.1, 0.15) is 5.82 Å². The Bertz CT molecular complexity index is 1260. The van der Waals surface area contributed by atoms with E-state index < -0.39 is 15.3 Å². The molecule has 1 aliphatic rings. The largest absolute Gasteiger partial charge is 0.379 e. The highest BCUT2D eigenvalue weighted by Crippen LogP contribution is 2.27. The molecule has 1 saturated heterocycles. The van der Waals surface area contributed by atoms with Crippen molar-refractivity contribution >= 4 is 33.4 Å². The molecule has 0 radical (unpaired) electrons. The quantitative estimate of drug-likeness (QED) is 0.492. The molecule has 3 aromatic rings. The summed E-state index contributed by atoms with van der Waals surface area (Å²) < 4.78 is 47.0. The van der Waals surface area contributed by atoms with E-state index in [0.29, 0.717) is 48.5 Å². The molecule has 1 aromatic heterocycles. The summed E-state index contributed by atoms with van der Waals surface area (Å²) in [4.78, 5) is 12.9. The van der Waals surface area contributed by atoms with E-state index in [9.17, 15) is 17.6 Å². The highest BCUT2D eigenvalue weighted by atomic mass is 32.2. The van der Waals surface area contributed by atoms with E-state index in [1.54, 1.807) is 42.8 Å². The summed E-state index contributed by atoms with van der Waals surface area (Å²) in [7, 11) is -1.82. The van der Waals surface area contributed by atoms with Gasteiger partial charge >= 0.3 is 0 Å². The predicted molar refractivity (Wildman–Crippen MR) is 126 cm³/mol. The fourth-order valence-corrected chi connectivity index (χ4v) is 5.59. The van der Waals surface area contributed by atoms with Crippen LogP contribution in [0, 0.1) is 5.82 Å². The summed E-state index contributed by atoms with van der Waals surface area (Å²) in [6.07, 6.45) is 0. The number of hydrogen-bond donors (Lipinski definition) is 1. The lowest BCUT2D eigenvalue weighted by Gasteiger charge is -2.26. The van der Waals surface area contributed by atoms with Gasteiger partial charge in [-0.25, -0.2) is 12.8 Å². The number of nitrogens with one attached hydrogen (secondary N) is 1. The van der Waals surface area contributed by atoms with Crippen molar-refractivity contribution in [1.29, 1.82) is 0 Å². The number of rotatable bonds is 7. The van der Waals surface area contributed by atoms with Crippen molar-refractivity contribution in [1.82, 2.24) is 19.1 Å². The molecule has 34 heavy (non-hydrogen) atoms. The summed E-state index contributed by atoms with van der Waals surface area (Å²) in [5.74, 6) is -0.0372. The molecule has 180 valence electrons. The van der Waals surface area contributed by atoms with Gasteiger partial charge in [0.25, 0.3) is 0 Å². The first-order chi connectivity index (χ1) is 16.3. The van der Waals surface area contributed by atoms with Crippen LogP contribution in [0.5, 0.6) is 0 Å². The Morgan fingerprint density at radius 2 is 1.74 bits per heavy atom. The third-order valence-corrected chi connectivity index (χ3v) is 8.37. The zero-order valence-corrected chi connectivity index (χ0v) is 20.3. The van der Waals surface area contributed by atoms with Crippen molar-refractivity contribution in [2.75, 3.05) is 31.6 Å². The molecule has 0 saturated carbocycles. The summed E-state index contributed by atoms with van der Waals surface area (Å²) >= 11 is 1.23. The van der Waals surface area contributed by atoms with Crippen molar-refractivity contribution in [3.8, 4) is 11.4 Å². The lowest BCUT2D eigenvalue weighted by molar-refractivity contribution is -0.115. The standard InChI is InChI=1S/C22H24FN5O4S2/c1-15(33-22-26-25-20(27(22)2)16-3-5-17(23)6-4-16)21(29)24-18-7-9-19(10-8-18)34(30,31)28-11-13-32-14-12-28/h3-10,15H,11-14H2,1-2H3,(H,24,29)/t15-/m1/s1. The summed E-state index contributed by atoms with van der Waals surface area (Å²) in [5.41, 5.74) is 1.20. The molecule has 1 aliphatic heterocycles. The van der Waals surface area contributed by atoms with Gasteiger partial charge in [0.05, 0.1) is 23.4 Å². The number of sulfonamides is 1. The van der Waals surface area contributed by atoms with Gasteiger partial charge in [0, 0.05) is 31.4 Å². The molecule has 0 unspecified atom stereocenters. The minimum Gasteiger partial charge on any atom is -0.379 e. The van der Waals surface area contributed by atoms with Crippen LogP contribution in [-0.4, -0.2) is 64.9 Å². The molecule has 0 aliphatic carbocycles. The van der Waals surface area contributed by atoms with Crippen LogP contribution in [0.1, 0.15) is 6.92 Å². The molecule has 1 N–H and O–H groups in total. The van der Waals surface area contributed by atoms with Crippen LogP contribution in [0.2, 0.25) is 0 Å². The maximum absolute atomic E-state index is 13.2. The SMILES string of the molecule is C[C@@H](Sc1nnc(-c2ccc(F)cc2)n1C)C(=O)Nc1ccc(S(=O)(=O)N2CCOCC2)cc1. The molecular weight excluding hydrogens is 481 g/mol. The number of morpholine rings is 1. The van der Waals surface area contributed by atoms with E-state index in [-0.39, 0.29) is 16.6 Å². The second-order valence-corrected chi connectivity index (χ2v) is 10.9. The second-order valence-electron chi connectivity index (χ2n) is 7.66. The van der Waals surface area contributed by atoms with Gasteiger partial charge in [-0.2, -0.15) is 4.31 Å². The van der Waals surface area contributed by atoms with E-state index >= 15 is 0 Å². The number of carbonyl (C=O) groups is 1. The molecule has 4 rings (SSSR count). The zero-order chi connectivity index (χ0) is 24.3. The Morgan fingerprint density at radius 3 is 2.38 bits per heavy atom. The van der Waals surface area contributed by atoms with Gasteiger partial charge in [-0.3, -0.25) is 4.79 Å². The Labute approximate surface area is 201 Å². The van der Waals surface area contributed by atoms with Crippen LogP contribution in [0.4, 0.5) is 10.1 Å². The first-order valence-corrected chi connectivity index (χ1v) is 12.9. The number of carbonyl (C=O) groups excluding carboxylic acids is 1. The third-order valence-electron chi connectivity index (χ3n) is 5.32. The summed E-state index contributed by atoms with van der Waals surface area (Å²) in [6, 6.07) is 12.0. The number of ether oxygens (including phenoxy) is 1. The smallest absolute Gasteiger partial charge is 0.243 e. The van der Waals surface area contributed by atoms with Gasteiger partial charge < -0.3 is 14.6 Å². The lowest BCUT2D eigenvalue weighted by atomic mass is 10.2. The molecule has 0 bridgehead atoms. The molecule has 1 amide bonds. The molecule has 1 atom stereocenters. The Balaban J connectivity index is 1.39. The van der Waals surface area contributed by atoms with E-state index in [1.807, 2.05) is 0 Å². The van der Waals surface area contributed by atoms with Gasteiger partial charge in [-0.1, -0.05) is 11.8 Å². The fraction of sp³-hybridized carbons (Fsp3) is 0.318. The Morgan fingerprint density at radius 1 is 1.09 bits per heavy atom. The maximum Gasteiger partial charge on any atom is 0.243 e. The van der Waals surface area contributed by atoms with Gasteiger partial charge in [-0.05, 0) is 55.5 Å². The van der Waals surface area contributed by atoms with Crippen LogP contribution < -0.4 is 5.32 Å². The number of hydrogen-bond acceptors (Lipinski definition) is 7. The Kier molecular flexibility index (Phi) is 7.31. The number of benzene rings is 2. The minimum absolute atomic E-state index is 0.169. The first-order valence-electron chi connectivity index (χ1n) is 10.6. The fourth-order valence-electron chi connectivity index (χ4n) is 3.37. The van der Waals surface area contributed by atoms with Gasteiger partial charge in [0.2, 0.25) is 15.9 Å². The van der Waals surface area contributed by atoms with Crippen LogP contribution in [-0.2, 0) is 26.6 Å². The number of anilines is 1. The normalized spacial score (nSPS) is 15.7. The highest BCUT2D eigenvalue weighted by molar-refractivity contribution is 8.00. The maximum atomic E-state index is 13.2. The van der Waals surface area contributed by atoms with E-state index in [2.05, 4.69) is 15.5 Å². The number of halogens is 1. The van der Waals surface area contributed by atoms with Crippen LogP contribution in [0.25, 0.3) is 11.4 Å². The monoisotopic (exact) mass is 505 g/mol. The van der Waals surface area contributed by atoms with Crippen molar-refractivity contribution in [3.63, 3.8) is 0 Å². The van der Waals surface area contributed by atoms with Crippen molar-refractivity contribution in [2.24, 2.45) is 7.05 Å². The van der Waals surface area contributed by atoms with E-state index in [1.165, 1.54) is 40.3 Å². The third kappa shape index (κ3) is 5.30. The zero-order valence-electron chi connectivity index (χ0n) is 18.6. The van der Waals surface area contributed by atoms with Crippen molar-refractivity contribution in [3.05, 3.63) is 54.3 Å². The van der Waals surface area contributed by atoms with Gasteiger partial charge in [0.15, 0.2) is 11.0 Å². The molecule has 2 aromatic carbocycles. The predicted octanol–water partition coefficient (Wildman–Crippen LogP) is 2.76. The highest BCUT2D eigenvalue weighted by Gasteiger charge is 2.26. The number of nitrogens with zero attached hydrogens (tertiary/aromatic N) is 4. The molecule has 12 heteroatoms. The lowest BCUT2D eigenvalue weighted by Crippen LogP contribution is -2.40. The number of thioether (sulfide) groups is 1. The van der Waals surface area contributed by atoms with E-state index in [0.717, 1.165) is 0 Å². The summed E-state index contributed by atoms with van der Waals surface area (Å²) in [6.45, 7) is 3.13. The number of amides is 1. The molecule has 2 heterocycles.